The number of aromatic nitrogens is 4. The molecule has 2 N–H and O–H groups in total. The summed E-state index contributed by atoms with van der Waals surface area (Å²) in [5.74, 6) is 0.288. The lowest BCUT2D eigenvalue weighted by molar-refractivity contribution is -0.0394. The molecule has 0 saturated carbocycles. The summed E-state index contributed by atoms with van der Waals surface area (Å²) in [4.78, 5) is 8.28. The molecule has 3 aromatic rings. The summed E-state index contributed by atoms with van der Waals surface area (Å²) in [5, 5.41) is 5.42. The van der Waals surface area contributed by atoms with Crippen LogP contribution in [0, 0.1) is 0 Å². The summed E-state index contributed by atoms with van der Waals surface area (Å²) in [6.45, 7) is 0.812. The molecule has 2 aromatic heterocycles. The molecule has 1 atom stereocenters. The lowest BCUT2D eigenvalue weighted by Crippen LogP contribution is -2.18. The molecule has 1 aliphatic rings. The van der Waals surface area contributed by atoms with Crippen LogP contribution in [0.25, 0.3) is 22.0 Å². The number of benzene rings is 1. The van der Waals surface area contributed by atoms with Gasteiger partial charge in [-0.25, -0.2) is 14.6 Å². The predicted octanol–water partition coefficient (Wildman–Crippen LogP) is 2.77. The molecule has 1 aliphatic heterocycles. The Labute approximate surface area is 127 Å². The van der Waals surface area contributed by atoms with Gasteiger partial charge in [-0.05, 0) is 30.9 Å². The van der Waals surface area contributed by atoms with Crippen molar-refractivity contribution >= 4 is 16.9 Å². The molecule has 0 amide bonds. The number of fused-ring (bicyclic) bond motifs is 1. The number of rotatable bonds is 2. The van der Waals surface area contributed by atoms with Gasteiger partial charge in [0.25, 0.3) is 0 Å². The van der Waals surface area contributed by atoms with Crippen molar-refractivity contribution in [3.8, 4) is 11.1 Å². The van der Waals surface area contributed by atoms with Crippen molar-refractivity contribution in [2.24, 2.45) is 0 Å². The van der Waals surface area contributed by atoms with Crippen LogP contribution in [0.5, 0.6) is 0 Å². The van der Waals surface area contributed by atoms with E-state index in [0.29, 0.717) is 0 Å². The van der Waals surface area contributed by atoms with E-state index in [1.807, 2.05) is 35.3 Å². The van der Waals surface area contributed by atoms with Gasteiger partial charge in [-0.3, -0.25) is 0 Å². The van der Waals surface area contributed by atoms with Crippen molar-refractivity contribution in [3.05, 3.63) is 36.8 Å². The zero-order valence-electron chi connectivity index (χ0n) is 12.1. The topological polar surface area (TPSA) is 78.8 Å². The third kappa shape index (κ3) is 2.42. The van der Waals surface area contributed by atoms with Crippen LogP contribution in [0.3, 0.4) is 0 Å². The van der Waals surface area contributed by atoms with Crippen LogP contribution in [0.2, 0.25) is 0 Å². The van der Waals surface area contributed by atoms with Gasteiger partial charge in [0.15, 0.2) is 0 Å². The van der Waals surface area contributed by atoms with Gasteiger partial charge in [0.05, 0.1) is 11.7 Å². The number of nitrogens with zero attached hydrogens (tertiary/aromatic N) is 4. The Balaban J connectivity index is 1.68. The highest BCUT2D eigenvalue weighted by atomic mass is 16.5. The van der Waals surface area contributed by atoms with Gasteiger partial charge in [-0.1, -0.05) is 12.1 Å². The number of nitrogen functional groups attached to an aromatic ring is 1. The third-order valence-electron chi connectivity index (χ3n) is 3.99. The van der Waals surface area contributed by atoms with Crippen molar-refractivity contribution in [3.63, 3.8) is 0 Å². The minimum Gasteiger partial charge on any atom is -0.368 e. The van der Waals surface area contributed by atoms with Gasteiger partial charge in [-0.15, -0.1) is 0 Å². The molecule has 6 heteroatoms. The zero-order chi connectivity index (χ0) is 14.9. The normalized spacial score (nSPS) is 18.6. The molecule has 6 nitrogen and oxygen atoms in total. The predicted molar refractivity (Wildman–Crippen MR) is 84.0 cm³/mol. The summed E-state index contributed by atoms with van der Waals surface area (Å²) in [6, 6.07) is 6.06. The van der Waals surface area contributed by atoms with E-state index < -0.39 is 0 Å². The first kappa shape index (κ1) is 13.2. The fourth-order valence-electron chi connectivity index (χ4n) is 2.79. The summed E-state index contributed by atoms with van der Waals surface area (Å²) >= 11 is 0. The maximum atomic E-state index is 5.76. The van der Waals surface area contributed by atoms with Crippen molar-refractivity contribution in [1.29, 1.82) is 0 Å². The molecule has 3 heterocycles. The van der Waals surface area contributed by atoms with E-state index in [1.165, 1.54) is 6.42 Å². The maximum absolute atomic E-state index is 5.76. The van der Waals surface area contributed by atoms with E-state index in [4.69, 9.17) is 10.5 Å². The Morgan fingerprint density at radius 3 is 3.00 bits per heavy atom. The second-order valence-electron chi connectivity index (χ2n) is 5.53. The van der Waals surface area contributed by atoms with E-state index in [2.05, 4.69) is 15.1 Å². The first-order chi connectivity index (χ1) is 10.8. The van der Waals surface area contributed by atoms with Gasteiger partial charge < -0.3 is 10.5 Å². The van der Waals surface area contributed by atoms with Crippen LogP contribution in [0.1, 0.15) is 25.5 Å². The Hall–Kier alpha value is -2.47. The number of nitrogens with two attached hydrogens (primary N) is 1. The van der Waals surface area contributed by atoms with Crippen LogP contribution in [0.4, 0.5) is 5.95 Å². The number of hydrogen-bond donors (Lipinski definition) is 1. The van der Waals surface area contributed by atoms with Crippen molar-refractivity contribution in [2.45, 2.75) is 25.5 Å². The lowest BCUT2D eigenvalue weighted by Gasteiger charge is -2.22. The summed E-state index contributed by atoms with van der Waals surface area (Å²) in [6.07, 6.45) is 9.03. The van der Waals surface area contributed by atoms with E-state index >= 15 is 0 Å². The first-order valence-electron chi connectivity index (χ1n) is 7.48. The monoisotopic (exact) mass is 295 g/mol. The van der Waals surface area contributed by atoms with Crippen LogP contribution in [-0.4, -0.2) is 26.4 Å². The number of anilines is 1. The van der Waals surface area contributed by atoms with Gasteiger partial charge in [0, 0.05) is 30.0 Å². The Morgan fingerprint density at radius 1 is 1.18 bits per heavy atom. The van der Waals surface area contributed by atoms with E-state index in [1.54, 1.807) is 6.20 Å². The van der Waals surface area contributed by atoms with Crippen molar-refractivity contribution in [2.75, 3.05) is 12.3 Å². The highest BCUT2D eigenvalue weighted by Crippen LogP contribution is 2.27. The van der Waals surface area contributed by atoms with Crippen LogP contribution in [0.15, 0.2) is 36.8 Å². The van der Waals surface area contributed by atoms with Crippen molar-refractivity contribution < 1.29 is 4.74 Å². The minimum atomic E-state index is 0.0564. The number of hydrogen-bond acceptors (Lipinski definition) is 5. The molecule has 0 radical (unpaired) electrons. The molecule has 4 rings (SSSR count). The summed E-state index contributed by atoms with van der Waals surface area (Å²) in [5.41, 5.74) is 8.61. The fraction of sp³-hybridized carbons (Fsp3) is 0.312. The molecule has 1 fully saturated rings. The molecule has 1 saturated heterocycles. The van der Waals surface area contributed by atoms with Crippen molar-refractivity contribution in [1.82, 2.24) is 19.7 Å². The molecule has 1 aromatic carbocycles. The fourth-order valence-corrected chi connectivity index (χ4v) is 2.79. The largest absolute Gasteiger partial charge is 0.368 e. The second kappa shape index (κ2) is 5.38. The minimum absolute atomic E-state index is 0.0564. The quantitative estimate of drug-likeness (QED) is 0.786. The molecular weight excluding hydrogens is 278 g/mol. The van der Waals surface area contributed by atoms with Gasteiger partial charge >= 0.3 is 0 Å². The molecule has 22 heavy (non-hydrogen) atoms. The summed E-state index contributed by atoms with van der Waals surface area (Å²) < 4.78 is 7.67. The highest BCUT2D eigenvalue weighted by molar-refractivity contribution is 5.84. The van der Waals surface area contributed by atoms with E-state index in [9.17, 15) is 0 Å². The zero-order valence-corrected chi connectivity index (χ0v) is 12.1. The van der Waals surface area contributed by atoms with Gasteiger partial charge in [-0.2, -0.15) is 5.10 Å². The van der Waals surface area contributed by atoms with E-state index in [-0.39, 0.29) is 12.2 Å². The van der Waals surface area contributed by atoms with Crippen LogP contribution < -0.4 is 5.73 Å². The van der Waals surface area contributed by atoms with Crippen LogP contribution in [-0.2, 0) is 4.74 Å². The second-order valence-corrected chi connectivity index (χ2v) is 5.53. The van der Waals surface area contributed by atoms with Gasteiger partial charge in [0.2, 0.25) is 5.95 Å². The Bertz CT molecular complexity index is 807. The molecule has 0 bridgehead atoms. The lowest BCUT2D eigenvalue weighted by atomic mass is 10.1. The first-order valence-corrected chi connectivity index (χ1v) is 7.48. The standard InChI is InChI=1S/C16H17N5O/c17-16-18-8-12-5-4-11(7-14(12)20-16)13-9-19-21(10-13)15-3-1-2-6-22-15/h4-5,7-10,15H,1-3,6H2,(H2,17,18,20). The molecular formula is C16H17N5O. The smallest absolute Gasteiger partial charge is 0.220 e. The van der Waals surface area contributed by atoms with Crippen LogP contribution >= 0.6 is 0 Å². The SMILES string of the molecule is Nc1ncc2ccc(-c3cnn(C4CCCCO4)c3)cc2n1. The molecule has 0 spiro atoms. The van der Waals surface area contributed by atoms with E-state index in [0.717, 1.165) is 41.5 Å². The number of ether oxygens (including phenoxy) is 1. The third-order valence-corrected chi connectivity index (χ3v) is 3.99. The average Bonchev–Trinajstić information content (AvgIpc) is 3.05. The summed E-state index contributed by atoms with van der Waals surface area (Å²) in [7, 11) is 0. The Morgan fingerprint density at radius 2 is 2.14 bits per heavy atom. The molecule has 112 valence electrons. The maximum Gasteiger partial charge on any atom is 0.220 e. The average molecular weight is 295 g/mol. The molecule has 0 aliphatic carbocycles. The highest BCUT2D eigenvalue weighted by Gasteiger charge is 2.16. The van der Waals surface area contributed by atoms with Gasteiger partial charge in [0.1, 0.15) is 6.23 Å². The Kier molecular flexibility index (Phi) is 3.23. The molecule has 1 unspecified atom stereocenters.